The van der Waals surface area contributed by atoms with E-state index in [-0.39, 0.29) is 29.7 Å². The van der Waals surface area contributed by atoms with Crippen LogP contribution in [-0.2, 0) is 9.84 Å². The van der Waals surface area contributed by atoms with Gasteiger partial charge in [-0.05, 0) is 39.0 Å². The lowest BCUT2D eigenvalue weighted by molar-refractivity contribution is 0.601. The van der Waals surface area contributed by atoms with Gasteiger partial charge in [0.2, 0.25) is 0 Å². The van der Waals surface area contributed by atoms with E-state index in [0.29, 0.717) is 12.5 Å². The van der Waals surface area contributed by atoms with Gasteiger partial charge in [-0.25, -0.2) is 8.42 Å². The zero-order valence-electron chi connectivity index (χ0n) is 13.0. The van der Waals surface area contributed by atoms with Crippen LogP contribution in [0.2, 0.25) is 0 Å². The highest BCUT2D eigenvalue weighted by Gasteiger charge is 2.05. The molecule has 0 saturated heterocycles. The fourth-order valence-corrected chi connectivity index (χ4v) is 2.56. The average molecular weight is 429 g/mol. The summed E-state index contributed by atoms with van der Waals surface area (Å²) in [6, 6.07) is 0. The van der Waals surface area contributed by atoms with Crippen LogP contribution < -0.4 is 10.6 Å². The van der Waals surface area contributed by atoms with Gasteiger partial charge in [-0.3, -0.25) is 4.99 Å². The van der Waals surface area contributed by atoms with E-state index in [0.717, 1.165) is 19.5 Å². The molecule has 7 heteroatoms. The van der Waals surface area contributed by atoms with Crippen LogP contribution in [0.15, 0.2) is 16.6 Å². The van der Waals surface area contributed by atoms with Crippen LogP contribution in [0, 0.1) is 0 Å². The van der Waals surface area contributed by atoms with Crippen LogP contribution in [0.1, 0.15) is 39.0 Å². The van der Waals surface area contributed by atoms with Gasteiger partial charge in [0.05, 0.1) is 12.3 Å². The van der Waals surface area contributed by atoms with Gasteiger partial charge in [0, 0.05) is 19.3 Å². The molecule has 1 aliphatic rings. The van der Waals surface area contributed by atoms with Gasteiger partial charge in [0.15, 0.2) is 5.96 Å². The van der Waals surface area contributed by atoms with Gasteiger partial charge in [0.1, 0.15) is 9.84 Å². The molecule has 0 saturated carbocycles. The van der Waals surface area contributed by atoms with Crippen molar-refractivity contribution >= 4 is 39.8 Å². The third-order valence-electron chi connectivity index (χ3n) is 3.20. The Labute approximate surface area is 146 Å². The fraction of sp³-hybridized carbons (Fsp3) is 0.786. The van der Waals surface area contributed by atoms with E-state index in [1.165, 1.54) is 37.5 Å². The lowest BCUT2D eigenvalue weighted by atomic mass is 9.97. The Morgan fingerprint density at radius 3 is 2.67 bits per heavy atom. The van der Waals surface area contributed by atoms with Crippen LogP contribution in [0.5, 0.6) is 0 Å². The highest BCUT2D eigenvalue weighted by atomic mass is 127. The molecule has 0 spiro atoms. The highest BCUT2D eigenvalue weighted by molar-refractivity contribution is 14.0. The average Bonchev–Trinajstić information content (AvgIpc) is 2.38. The number of rotatable bonds is 7. The normalized spacial score (nSPS) is 15.9. The number of hydrogen-bond donors (Lipinski definition) is 2. The molecule has 0 heterocycles. The molecule has 0 amide bonds. The van der Waals surface area contributed by atoms with Gasteiger partial charge < -0.3 is 10.6 Å². The monoisotopic (exact) mass is 429 g/mol. The van der Waals surface area contributed by atoms with Crippen molar-refractivity contribution in [3.8, 4) is 0 Å². The minimum Gasteiger partial charge on any atom is -0.357 e. The zero-order chi connectivity index (χ0) is 14.8. The molecule has 1 rings (SSSR count). The van der Waals surface area contributed by atoms with Crippen LogP contribution in [0.4, 0.5) is 0 Å². The molecular formula is C14H28IN3O2S. The van der Waals surface area contributed by atoms with Crippen molar-refractivity contribution in [1.29, 1.82) is 0 Å². The number of allylic oxidation sites excluding steroid dienone is 1. The smallest absolute Gasteiger partial charge is 0.191 e. The Kier molecular flexibility index (Phi) is 11.1. The molecule has 124 valence electrons. The summed E-state index contributed by atoms with van der Waals surface area (Å²) in [7, 11) is -2.94. The molecule has 0 atom stereocenters. The second-order valence-corrected chi connectivity index (χ2v) is 7.44. The first-order valence-corrected chi connectivity index (χ1v) is 9.45. The molecule has 0 radical (unpaired) electrons. The van der Waals surface area contributed by atoms with E-state index in [2.05, 4.69) is 21.7 Å². The Balaban J connectivity index is 0.00000400. The van der Waals surface area contributed by atoms with Crippen LogP contribution in [0.25, 0.3) is 0 Å². The molecule has 1 aliphatic carbocycles. The summed E-state index contributed by atoms with van der Waals surface area (Å²) < 4.78 is 22.1. The summed E-state index contributed by atoms with van der Waals surface area (Å²) in [6.45, 7) is 3.91. The van der Waals surface area contributed by atoms with E-state index in [1.807, 2.05) is 6.92 Å². The van der Waals surface area contributed by atoms with Crippen molar-refractivity contribution in [1.82, 2.24) is 10.6 Å². The third-order valence-corrected chi connectivity index (χ3v) is 4.12. The minimum atomic E-state index is -2.94. The fourth-order valence-electron chi connectivity index (χ4n) is 2.14. The molecule has 0 aromatic carbocycles. The third kappa shape index (κ3) is 11.0. The molecule has 0 bridgehead atoms. The standard InChI is InChI=1S/C14H27N3O2S.HI/c1-3-15-14(17-11-12-20(2,18)19)16-10-9-13-7-5-4-6-8-13;/h7H,3-6,8-12H2,1-2H3,(H2,15,16,17);1H. The number of hydrogen-bond acceptors (Lipinski definition) is 3. The van der Waals surface area contributed by atoms with Crippen molar-refractivity contribution in [3.05, 3.63) is 11.6 Å². The first kappa shape index (κ1) is 20.7. The number of halogens is 1. The summed E-state index contributed by atoms with van der Waals surface area (Å²) in [4.78, 5) is 4.28. The summed E-state index contributed by atoms with van der Waals surface area (Å²) in [5.41, 5.74) is 1.52. The Morgan fingerprint density at radius 2 is 2.10 bits per heavy atom. The van der Waals surface area contributed by atoms with E-state index >= 15 is 0 Å². The van der Waals surface area contributed by atoms with Gasteiger partial charge >= 0.3 is 0 Å². The topological polar surface area (TPSA) is 70.6 Å². The molecule has 5 nitrogen and oxygen atoms in total. The number of aliphatic imine (C=N–C) groups is 1. The van der Waals surface area contributed by atoms with E-state index in [9.17, 15) is 8.42 Å². The van der Waals surface area contributed by atoms with Crippen molar-refractivity contribution in [2.45, 2.75) is 39.0 Å². The predicted octanol–water partition coefficient (Wildman–Crippen LogP) is 2.09. The second kappa shape index (κ2) is 11.3. The summed E-state index contributed by atoms with van der Waals surface area (Å²) in [6.07, 6.45) is 9.65. The van der Waals surface area contributed by atoms with Crippen molar-refractivity contribution in [2.24, 2.45) is 4.99 Å². The maximum absolute atomic E-state index is 11.1. The second-order valence-electron chi connectivity index (χ2n) is 5.18. The molecular weight excluding hydrogens is 401 g/mol. The van der Waals surface area contributed by atoms with Crippen LogP contribution >= 0.6 is 24.0 Å². The molecule has 0 unspecified atom stereocenters. The molecule has 0 fully saturated rings. The van der Waals surface area contributed by atoms with Crippen molar-refractivity contribution < 1.29 is 8.42 Å². The zero-order valence-corrected chi connectivity index (χ0v) is 16.2. The van der Waals surface area contributed by atoms with Gasteiger partial charge in [0.25, 0.3) is 0 Å². The van der Waals surface area contributed by atoms with Gasteiger partial charge in [-0.2, -0.15) is 0 Å². The predicted molar refractivity (Wildman–Crippen MR) is 100 cm³/mol. The summed E-state index contributed by atoms with van der Waals surface area (Å²) in [5.74, 6) is 0.793. The van der Waals surface area contributed by atoms with Crippen molar-refractivity contribution in [2.75, 3.05) is 31.6 Å². The lowest BCUT2D eigenvalue weighted by Gasteiger charge is -2.15. The maximum Gasteiger partial charge on any atom is 0.191 e. The van der Waals surface area contributed by atoms with E-state index in [4.69, 9.17) is 0 Å². The van der Waals surface area contributed by atoms with Gasteiger partial charge in [-0.1, -0.05) is 11.6 Å². The van der Waals surface area contributed by atoms with Crippen LogP contribution in [0.3, 0.4) is 0 Å². The van der Waals surface area contributed by atoms with E-state index < -0.39 is 9.84 Å². The van der Waals surface area contributed by atoms with Gasteiger partial charge in [-0.15, -0.1) is 24.0 Å². The number of nitrogens with one attached hydrogen (secondary N) is 2. The largest absolute Gasteiger partial charge is 0.357 e. The van der Waals surface area contributed by atoms with Crippen molar-refractivity contribution in [3.63, 3.8) is 0 Å². The molecule has 0 aliphatic heterocycles. The Morgan fingerprint density at radius 1 is 1.33 bits per heavy atom. The molecule has 0 aromatic heterocycles. The highest BCUT2D eigenvalue weighted by Crippen LogP contribution is 2.19. The first-order chi connectivity index (χ1) is 9.51. The summed E-state index contributed by atoms with van der Waals surface area (Å²) >= 11 is 0. The Hall–Kier alpha value is -0.310. The molecule has 0 aromatic rings. The Bertz CT molecular complexity index is 447. The molecule has 21 heavy (non-hydrogen) atoms. The SMILES string of the molecule is CCNC(=NCCS(C)(=O)=O)NCCC1=CCCCC1.I. The number of guanidine groups is 1. The quantitative estimate of drug-likeness (QED) is 0.282. The molecule has 2 N–H and O–H groups in total. The minimum absolute atomic E-state index is 0. The number of nitrogens with zero attached hydrogens (tertiary/aromatic N) is 1. The van der Waals surface area contributed by atoms with E-state index in [1.54, 1.807) is 0 Å². The number of sulfone groups is 1. The summed E-state index contributed by atoms with van der Waals surface area (Å²) in [5, 5.41) is 6.39. The maximum atomic E-state index is 11.1. The van der Waals surface area contributed by atoms with Crippen LogP contribution in [-0.4, -0.2) is 46.0 Å². The first-order valence-electron chi connectivity index (χ1n) is 7.39. The lowest BCUT2D eigenvalue weighted by Crippen LogP contribution is -2.38.